The van der Waals surface area contributed by atoms with Gasteiger partial charge in [0.15, 0.2) is 23.6 Å². The Hall–Kier alpha value is -3.56. The zero-order valence-corrected chi connectivity index (χ0v) is 14.5. The number of esters is 1. The van der Waals surface area contributed by atoms with Crippen LogP contribution in [-0.4, -0.2) is 37.0 Å². The fraction of sp³-hybridized carbons (Fsp3) is 0.235. The van der Waals surface area contributed by atoms with Crippen molar-refractivity contribution < 1.29 is 18.7 Å². The van der Waals surface area contributed by atoms with Gasteiger partial charge in [-0.2, -0.15) is 0 Å². The summed E-state index contributed by atoms with van der Waals surface area (Å²) in [5, 5.41) is 0. The van der Waals surface area contributed by atoms with E-state index < -0.39 is 35.4 Å². The number of ketones is 1. The van der Waals surface area contributed by atoms with Gasteiger partial charge in [0.2, 0.25) is 0 Å². The average molecular weight is 374 g/mol. The first-order valence-corrected chi connectivity index (χ1v) is 7.85. The van der Waals surface area contributed by atoms with Gasteiger partial charge < -0.3 is 9.30 Å². The second-order valence-corrected chi connectivity index (χ2v) is 5.84. The highest BCUT2D eigenvalue weighted by Crippen LogP contribution is 2.07. The highest BCUT2D eigenvalue weighted by Gasteiger charge is 2.17. The molecular formula is C17H15FN4O5. The summed E-state index contributed by atoms with van der Waals surface area (Å²) in [5.41, 5.74) is -0.716. The maximum Gasteiger partial charge on any atom is 0.332 e. The highest BCUT2D eigenvalue weighted by atomic mass is 19.1. The Kier molecular flexibility index (Phi) is 4.72. The molecule has 0 amide bonds. The smallest absolute Gasteiger partial charge is 0.332 e. The molecule has 2 aromatic heterocycles. The minimum Gasteiger partial charge on any atom is -0.456 e. The summed E-state index contributed by atoms with van der Waals surface area (Å²) < 4.78 is 21.1. The van der Waals surface area contributed by atoms with Gasteiger partial charge in [-0.1, -0.05) is 0 Å². The van der Waals surface area contributed by atoms with Crippen LogP contribution < -0.4 is 11.2 Å². The molecule has 0 aliphatic rings. The molecule has 3 aromatic rings. The van der Waals surface area contributed by atoms with Gasteiger partial charge in [0.1, 0.15) is 12.4 Å². The third kappa shape index (κ3) is 3.41. The standard InChI is InChI=1S/C17H15FN4O5/c1-20-15-14(16(25)21(2)17(20)26)22(9-19-15)7-13(24)27-8-12(23)10-3-5-11(18)6-4-10/h3-6,9H,7-8H2,1-2H3. The van der Waals surface area contributed by atoms with Gasteiger partial charge in [0, 0.05) is 19.7 Å². The molecule has 0 aliphatic heterocycles. The minimum absolute atomic E-state index is 0.0708. The second kappa shape index (κ2) is 6.98. The van der Waals surface area contributed by atoms with Crippen LogP contribution in [0, 0.1) is 5.82 Å². The number of fused-ring (bicyclic) bond motifs is 1. The van der Waals surface area contributed by atoms with E-state index in [0.29, 0.717) is 0 Å². The van der Waals surface area contributed by atoms with Gasteiger partial charge in [0.25, 0.3) is 5.56 Å². The molecule has 10 heteroatoms. The number of rotatable bonds is 5. The number of carbonyl (C=O) groups is 2. The summed E-state index contributed by atoms with van der Waals surface area (Å²) in [6.45, 7) is -0.881. The Balaban J connectivity index is 1.75. The molecule has 0 spiro atoms. The first-order valence-electron chi connectivity index (χ1n) is 7.85. The quantitative estimate of drug-likeness (QED) is 0.460. The van der Waals surface area contributed by atoms with Gasteiger partial charge in [-0.3, -0.25) is 23.5 Å². The molecule has 2 heterocycles. The van der Waals surface area contributed by atoms with Crippen molar-refractivity contribution in [3.8, 4) is 0 Å². The number of aromatic nitrogens is 4. The lowest BCUT2D eigenvalue weighted by atomic mass is 10.1. The molecule has 0 saturated carbocycles. The normalized spacial score (nSPS) is 10.9. The molecule has 0 saturated heterocycles. The van der Waals surface area contributed by atoms with Crippen LogP contribution in [0.15, 0.2) is 40.2 Å². The molecule has 0 fully saturated rings. The van der Waals surface area contributed by atoms with Crippen LogP contribution in [0.25, 0.3) is 11.2 Å². The van der Waals surface area contributed by atoms with E-state index in [0.717, 1.165) is 16.7 Å². The van der Waals surface area contributed by atoms with Crippen molar-refractivity contribution in [3.63, 3.8) is 0 Å². The van der Waals surface area contributed by atoms with E-state index in [1.54, 1.807) is 0 Å². The lowest BCUT2D eigenvalue weighted by Gasteiger charge is -2.07. The second-order valence-electron chi connectivity index (χ2n) is 5.84. The largest absolute Gasteiger partial charge is 0.456 e. The van der Waals surface area contributed by atoms with Gasteiger partial charge in [0.05, 0.1) is 6.33 Å². The van der Waals surface area contributed by atoms with E-state index in [1.165, 1.54) is 41.7 Å². The van der Waals surface area contributed by atoms with Crippen LogP contribution in [0.4, 0.5) is 4.39 Å². The number of hydrogen-bond acceptors (Lipinski definition) is 6. The number of carbonyl (C=O) groups excluding carboxylic acids is 2. The van der Waals surface area contributed by atoms with Gasteiger partial charge in [-0.25, -0.2) is 14.2 Å². The fourth-order valence-electron chi connectivity index (χ4n) is 2.57. The molecule has 0 radical (unpaired) electrons. The number of aryl methyl sites for hydroxylation is 1. The Morgan fingerprint density at radius 2 is 1.78 bits per heavy atom. The van der Waals surface area contributed by atoms with Crippen LogP contribution in [0.3, 0.4) is 0 Å². The van der Waals surface area contributed by atoms with Crippen molar-refractivity contribution in [2.75, 3.05) is 6.61 Å². The Labute approximate surface area is 151 Å². The monoisotopic (exact) mass is 374 g/mol. The third-order valence-electron chi connectivity index (χ3n) is 4.05. The van der Waals surface area contributed by atoms with Crippen molar-refractivity contribution in [1.82, 2.24) is 18.7 Å². The molecule has 1 aromatic carbocycles. The van der Waals surface area contributed by atoms with E-state index in [1.807, 2.05) is 0 Å². The van der Waals surface area contributed by atoms with Crippen LogP contribution in [0.2, 0.25) is 0 Å². The highest BCUT2D eigenvalue weighted by molar-refractivity contribution is 5.97. The van der Waals surface area contributed by atoms with Gasteiger partial charge >= 0.3 is 11.7 Å². The number of benzene rings is 1. The maximum absolute atomic E-state index is 12.9. The van der Waals surface area contributed by atoms with E-state index in [4.69, 9.17) is 4.74 Å². The summed E-state index contributed by atoms with van der Waals surface area (Å²) in [6.07, 6.45) is 1.24. The molecular weight excluding hydrogens is 359 g/mol. The Bertz CT molecular complexity index is 1160. The van der Waals surface area contributed by atoms with Crippen LogP contribution in [-0.2, 0) is 30.2 Å². The zero-order chi connectivity index (χ0) is 19.7. The molecule has 9 nitrogen and oxygen atoms in total. The molecule has 3 rings (SSSR count). The lowest BCUT2D eigenvalue weighted by molar-refractivity contribution is -0.143. The molecule has 0 unspecified atom stereocenters. The first kappa shape index (κ1) is 18.2. The Morgan fingerprint density at radius 1 is 1.11 bits per heavy atom. The van der Waals surface area contributed by atoms with E-state index in [2.05, 4.69) is 4.98 Å². The lowest BCUT2D eigenvalue weighted by Crippen LogP contribution is -2.37. The average Bonchev–Trinajstić information content (AvgIpc) is 3.07. The third-order valence-corrected chi connectivity index (χ3v) is 4.05. The Morgan fingerprint density at radius 3 is 2.44 bits per heavy atom. The fourth-order valence-corrected chi connectivity index (χ4v) is 2.57. The minimum atomic E-state index is -0.763. The SMILES string of the molecule is Cn1c(=O)c2c(ncn2CC(=O)OCC(=O)c2ccc(F)cc2)n(C)c1=O. The van der Waals surface area contributed by atoms with Crippen LogP contribution in [0.1, 0.15) is 10.4 Å². The number of ether oxygens (including phenoxy) is 1. The molecule has 27 heavy (non-hydrogen) atoms. The zero-order valence-electron chi connectivity index (χ0n) is 14.5. The topological polar surface area (TPSA) is 105 Å². The maximum atomic E-state index is 12.9. The summed E-state index contributed by atoms with van der Waals surface area (Å²) in [7, 11) is 2.78. The number of hydrogen-bond donors (Lipinski definition) is 0. The first-order chi connectivity index (χ1) is 12.8. The van der Waals surface area contributed by atoms with Crippen molar-refractivity contribution >= 4 is 22.9 Å². The van der Waals surface area contributed by atoms with Crippen LogP contribution in [0.5, 0.6) is 0 Å². The van der Waals surface area contributed by atoms with Gasteiger partial charge in [-0.15, -0.1) is 0 Å². The predicted octanol–water partition coefficient (Wildman–Crippen LogP) is -0.00110. The van der Waals surface area contributed by atoms with Crippen molar-refractivity contribution in [3.05, 3.63) is 62.8 Å². The predicted molar refractivity (Wildman–Crippen MR) is 91.9 cm³/mol. The number of nitrogens with zero attached hydrogens (tertiary/aromatic N) is 4. The summed E-state index contributed by atoms with van der Waals surface area (Å²) in [4.78, 5) is 52.2. The molecule has 0 aliphatic carbocycles. The van der Waals surface area contributed by atoms with Gasteiger partial charge in [-0.05, 0) is 24.3 Å². The summed E-state index contributed by atoms with van der Waals surface area (Å²) in [5.74, 6) is -1.73. The van der Waals surface area contributed by atoms with Crippen molar-refractivity contribution in [2.24, 2.45) is 14.1 Å². The molecule has 0 N–H and O–H groups in total. The van der Waals surface area contributed by atoms with Crippen molar-refractivity contribution in [2.45, 2.75) is 6.54 Å². The van der Waals surface area contributed by atoms with Crippen LogP contribution >= 0.6 is 0 Å². The number of imidazole rings is 1. The van der Waals surface area contributed by atoms with Crippen molar-refractivity contribution in [1.29, 1.82) is 0 Å². The molecule has 140 valence electrons. The number of halogens is 1. The van der Waals surface area contributed by atoms with E-state index in [9.17, 15) is 23.6 Å². The van der Waals surface area contributed by atoms with E-state index in [-0.39, 0.29) is 23.3 Å². The molecule has 0 atom stereocenters. The molecule has 0 bridgehead atoms. The number of Topliss-reactive ketones (excluding diaryl/α,β-unsaturated/α-hetero) is 1. The summed E-state index contributed by atoms with van der Waals surface area (Å²) >= 11 is 0. The summed E-state index contributed by atoms with van der Waals surface area (Å²) in [6, 6.07) is 4.84. The van der Waals surface area contributed by atoms with E-state index >= 15 is 0 Å².